The van der Waals surface area contributed by atoms with Crippen molar-refractivity contribution in [1.82, 2.24) is 0 Å². The van der Waals surface area contributed by atoms with Crippen molar-refractivity contribution in [3.05, 3.63) is 53.6 Å². The van der Waals surface area contributed by atoms with Crippen LogP contribution < -0.4 is 4.74 Å². The van der Waals surface area contributed by atoms with Crippen LogP contribution in [-0.4, -0.2) is 7.11 Å². The third-order valence-electron chi connectivity index (χ3n) is 2.40. The Morgan fingerprint density at radius 3 is 1.61 bits per heavy atom. The predicted molar refractivity (Wildman–Crippen MR) is 58.3 cm³/mol. The number of halogens is 4. The summed E-state index contributed by atoms with van der Waals surface area (Å²) >= 11 is 0. The van der Waals surface area contributed by atoms with Crippen molar-refractivity contribution in [3.8, 4) is 16.9 Å². The lowest BCUT2D eigenvalue weighted by Gasteiger charge is -2.07. The molecule has 0 saturated carbocycles. The zero-order valence-corrected chi connectivity index (χ0v) is 9.31. The lowest BCUT2D eigenvalue weighted by molar-refractivity contribution is 0.360. The second-order valence-electron chi connectivity index (χ2n) is 3.63. The molecule has 0 radical (unpaired) electrons. The van der Waals surface area contributed by atoms with Crippen molar-refractivity contribution in [2.75, 3.05) is 7.11 Å². The van der Waals surface area contributed by atoms with Gasteiger partial charge in [-0.2, -0.15) is 0 Å². The largest absolute Gasteiger partial charge is 0.491 e. The van der Waals surface area contributed by atoms with E-state index in [1.807, 2.05) is 0 Å². The predicted octanol–water partition coefficient (Wildman–Crippen LogP) is 3.92. The molecule has 94 valence electrons. The van der Waals surface area contributed by atoms with Gasteiger partial charge in [-0.15, -0.1) is 0 Å². The highest BCUT2D eigenvalue weighted by Crippen LogP contribution is 2.29. The number of benzene rings is 2. The van der Waals surface area contributed by atoms with Crippen molar-refractivity contribution >= 4 is 0 Å². The molecule has 0 aromatic heterocycles. The minimum atomic E-state index is -0.933. The fourth-order valence-electron chi connectivity index (χ4n) is 1.64. The van der Waals surface area contributed by atoms with Crippen LogP contribution in [0.5, 0.6) is 5.75 Å². The summed E-state index contributed by atoms with van der Waals surface area (Å²) in [5.41, 5.74) is 0.0807. The van der Waals surface area contributed by atoms with E-state index in [-0.39, 0.29) is 11.1 Å². The molecular weight excluding hydrogens is 248 g/mol. The minimum absolute atomic E-state index is 0.0317. The molecule has 2 aromatic carbocycles. The van der Waals surface area contributed by atoms with E-state index in [0.29, 0.717) is 6.07 Å². The fraction of sp³-hybridized carbons (Fsp3) is 0.0769. The molecule has 0 bridgehead atoms. The maximum absolute atomic E-state index is 13.4. The number of hydrogen-bond donors (Lipinski definition) is 0. The van der Waals surface area contributed by atoms with Gasteiger partial charge in [0.05, 0.1) is 7.11 Å². The first-order valence-corrected chi connectivity index (χ1v) is 5.01. The highest BCUT2D eigenvalue weighted by Gasteiger charge is 2.13. The normalized spacial score (nSPS) is 10.5. The second-order valence-corrected chi connectivity index (χ2v) is 3.63. The Morgan fingerprint density at radius 2 is 1.17 bits per heavy atom. The van der Waals surface area contributed by atoms with Gasteiger partial charge in [0.25, 0.3) is 0 Å². The molecule has 5 heteroatoms. The molecule has 18 heavy (non-hydrogen) atoms. The zero-order chi connectivity index (χ0) is 13.3. The van der Waals surface area contributed by atoms with E-state index < -0.39 is 29.0 Å². The first-order valence-electron chi connectivity index (χ1n) is 5.01. The highest BCUT2D eigenvalue weighted by atomic mass is 19.1. The number of methoxy groups -OCH3 is 1. The smallest absolute Gasteiger partial charge is 0.190 e. The van der Waals surface area contributed by atoms with E-state index in [1.54, 1.807) is 0 Å². The first kappa shape index (κ1) is 12.4. The molecule has 0 aliphatic heterocycles. The molecule has 0 atom stereocenters. The topological polar surface area (TPSA) is 9.23 Å². The highest BCUT2D eigenvalue weighted by molar-refractivity contribution is 5.64. The SMILES string of the molecule is COc1c(F)cc(-c2cc(F)cc(F)c2)cc1F. The molecule has 1 nitrogen and oxygen atoms in total. The van der Waals surface area contributed by atoms with Crippen LogP contribution >= 0.6 is 0 Å². The molecule has 0 aliphatic carbocycles. The van der Waals surface area contributed by atoms with Crippen LogP contribution in [0.3, 0.4) is 0 Å². The van der Waals surface area contributed by atoms with E-state index in [9.17, 15) is 17.6 Å². The van der Waals surface area contributed by atoms with Gasteiger partial charge in [-0.1, -0.05) is 0 Å². The molecule has 0 spiro atoms. The van der Waals surface area contributed by atoms with Crippen LogP contribution in [-0.2, 0) is 0 Å². The van der Waals surface area contributed by atoms with E-state index >= 15 is 0 Å². The second kappa shape index (κ2) is 4.68. The summed E-state index contributed by atoms with van der Waals surface area (Å²) in [4.78, 5) is 0. The maximum atomic E-state index is 13.4. The van der Waals surface area contributed by atoms with Crippen molar-refractivity contribution in [1.29, 1.82) is 0 Å². The summed E-state index contributed by atoms with van der Waals surface area (Å²) in [6, 6.07) is 4.57. The standard InChI is InChI=1S/C13H8F4O/c1-18-13-11(16)4-8(5-12(13)17)7-2-9(14)6-10(15)3-7/h2-6H,1H3. The maximum Gasteiger partial charge on any atom is 0.190 e. The average Bonchev–Trinajstić information content (AvgIpc) is 2.27. The van der Waals surface area contributed by atoms with Gasteiger partial charge in [0.15, 0.2) is 17.4 Å². The first-order chi connectivity index (χ1) is 8.51. The minimum Gasteiger partial charge on any atom is -0.491 e. The molecule has 0 aliphatic rings. The molecular formula is C13H8F4O. The third kappa shape index (κ3) is 2.30. The van der Waals surface area contributed by atoms with Gasteiger partial charge >= 0.3 is 0 Å². The molecule has 0 amide bonds. The lowest BCUT2D eigenvalue weighted by atomic mass is 10.0. The molecule has 0 unspecified atom stereocenters. The van der Waals surface area contributed by atoms with E-state index in [1.165, 1.54) is 0 Å². The van der Waals surface area contributed by atoms with Crippen LogP contribution in [0.2, 0.25) is 0 Å². The van der Waals surface area contributed by atoms with Gasteiger partial charge in [-0.05, 0) is 35.4 Å². The van der Waals surface area contributed by atoms with Crippen LogP contribution in [0.4, 0.5) is 17.6 Å². The number of rotatable bonds is 2. The van der Waals surface area contributed by atoms with Gasteiger partial charge in [-0.3, -0.25) is 0 Å². The summed E-state index contributed by atoms with van der Waals surface area (Å²) in [5, 5.41) is 0. The van der Waals surface area contributed by atoms with Gasteiger partial charge in [-0.25, -0.2) is 17.6 Å². The van der Waals surface area contributed by atoms with Crippen LogP contribution in [0, 0.1) is 23.3 Å². The average molecular weight is 256 g/mol. The Balaban J connectivity index is 2.58. The summed E-state index contributed by atoms with van der Waals surface area (Å²) in [7, 11) is 1.13. The number of ether oxygens (including phenoxy) is 1. The molecule has 0 N–H and O–H groups in total. The van der Waals surface area contributed by atoms with Crippen molar-refractivity contribution in [3.63, 3.8) is 0 Å². The summed E-state index contributed by atoms with van der Waals surface area (Å²) in [6.07, 6.45) is 0. The van der Waals surface area contributed by atoms with Crippen molar-refractivity contribution in [2.45, 2.75) is 0 Å². The monoisotopic (exact) mass is 256 g/mol. The van der Waals surface area contributed by atoms with E-state index in [2.05, 4.69) is 4.74 Å². The number of hydrogen-bond acceptors (Lipinski definition) is 1. The van der Waals surface area contributed by atoms with Gasteiger partial charge < -0.3 is 4.74 Å². The van der Waals surface area contributed by atoms with Crippen LogP contribution in [0.15, 0.2) is 30.3 Å². The Labute approximate surface area is 101 Å². The summed E-state index contributed by atoms with van der Waals surface area (Å²) < 4.78 is 57.4. The Kier molecular flexibility index (Phi) is 3.23. The summed E-state index contributed by atoms with van der Waals surface area (Å²) in [6.45, 7) is 0. The summed E-state index contributed by atoms with van der Waals surface area (Å²) in [5.74, 6) is -4.03. The van der Waals surface area contributed by atoms with Crippen LogP contribution in [0.1, 0.15) is 0 Å². The van der Waals surface area contributed by atoms with Crippen LogP contribution in [0.25, 0.3) is 11.1 Å². The zero-order valence-electron chi connectivity index (χ0n) is 9.31. The van der Waals surface area contributed by atoms with E-state index in [4.69, 9.17) is 0 Å². The van der Waals surface area contributed by atoms with Crippen molar-refractivity contribution in [2.24, 2.45) is 0 Å². The van der Waals surface area contributed by atoms with Gasteiger partial charge in [0.2, 0.25) is 0 Å². The van der Waals surface area contributed by atoms with Gasteiger partial charge in [0, 0.05) is 6.07 Å². The third-order valence-corrected chi connectivity index (χ3v) is 2.40. The Bertz CT molecular complexity index is 552. The molecule has 2 aromatic rings. The Hall–Kier alpha value is -2.04. The lowest BCUT2D eigenvalue weighted by Crippen LogP contribution is -1.94. The van der Waals surface area contributed by atoms with Crippen molar-refractivity contribution < 1.29 is 22.3 Å². The van der Waals surface area contributed by atoms with E-state index in [0.717, 1.165) is 31.4 Å². The fourth-order valence-corrected chi connectivity index (χ4v) is 1.64. The quantitative estimate of drug-likeness (QED) is 0.740. The molecule has 0 saturated heterocycles. The molecule has 0 fully saturated rings. The molecule has 0 heterocycles. The Morgan fingerprint density at radius 1 is 0.722 bits per heavy atom. The van der Waals surface area contributed by atoms with Gasteiger partial charge in [0.1, 0.15) is 11.6 Å². The molecule has 2 rings (SSSR count).